The van der Waals surface area contributed by atoms with Crippen molar-refractivity contribution < 1.29 is 4.79 Å². The number of H-pyrrole nitrogens is 1. The van der Waals surface area contributed by atoms with Gasteiger partial charge in [0.05, 0.1) is 5.02 Å². The second-order valence-corrected chi connectivity index (χ2v) is 5.68. The van der Waals surface area contributed by atoms with E-state index in [1.165, 1.54) is 0 Å². The van der Waals surface area contributed by atoms with Gasteiger partial charge in [-0.15, -0.1) is 0 Å². The van der Waals surface area contributed by atoms with Gasteiger partial charge in [-0.05, 0) is 47.2 Å². The summed E-state index contributed by atoms with van der Waals surface area (Å²) in [6.45, 7) is 2.09. The van der Waals surface area contributed by atoms with Crippen LogP contribution in [0.2, 0.25) is 5.02 Å². The number of anilines is 1. The fourth-order valence-electron chi connectivity index (χ4n) is 1.65. The molecule has 0 aliphatic heterocycles. The smallest absolute Gasteiger partial charge is 0.256 e. The highest BCUT2D eigenvalue weighted by molar-refractivity contribution is 14.1. The van der Waals surface area contributed by atoms with E-state index in [-0.39, 0.29) is 5.91 Å². The minimum absolute atomic E-state index is 0.215. The third kappa shape index (κ3) is 3.70. The molecule has 1 heterocycles. The molecule has 1 aromatic carbocycles. The Morgan fingerprint density at radius 1 is 1.47 bits per heavy atom. The Labute approximate surface area is 130 Å². The van der Waals surface area contributed by atoms with Gasteiger partial charge < -0.3 is 5.32 Å². The van der Waals surface area contributed by atoms with Crippen LogP contribution in [0.4, 0.5) is 5.82 Å². The van der Waals surface area contributed by atoms with E-state index in [1.807, 2.05) is 12.1 Å². The molecule has 0 bridgehead atoms. The van der Waals surface area contributed by atoms with Crippen LogP contribution in [0.5, 0.6) is 0 Å². The Bertz CT molecular complexity index is 597. The maximum atomic E-state index is 12.0. The highest BCUT2D eigenvalue weighted by atomic mass is 127. The summed E-state index contributed by atoms with van der Waals surface area (Å²) in [5.74, 6) is 0.316. The number of carbonyl (C=O) groups excluding carboxylic acids is 1. The molecule has 2 aromatic rings. The Morgan fingerprint density at radius 2 is 2.26 bits per heavy atom. The molecule has 19 heavy (non-hydrogen) atoms. The fourth-order valence-corrected chi connectivity index (χ4v) is 2.16. The zero-order valence-electron chi connectivity index (χ0n) is 10.3. The van der Waals surface area contributed by atoms with E-state index >= 15 is 0 Å². The number of benzene rings is 1. The van der Waals surface area contributed by atoms with Gasteiger partial charge in [0.1, 0.15) is 0 Å². The Kier molecular flexibility index (Phi) is 4.81. The molecule has 0 saturated heterocycles. The lowest BCUT2D eigenvalue weighted by atomic mass is 10.2. The van der Waals surface area contributed by atoms with Gasteiger partial charge in [0.15, 0.2) is 5.82 Å². The number of nitrogens with zero attached hydrogens (tertiary/aromatic N) is 1. The second-order valence-electron chi connectivity index (χ2n) is 4.11. The number of aryl methyl sites for hydroxylation is 1. The van der Waals surface area contributed by atoms with Crippen LogP contribution in [0.25, 0.3) is 0 Å². The largest absolute Gasteiger partial charge is 0.305 e. The van der Waals surface area contributed by atoms with E-state index in [4.69, 9.17) is 11.6 Å². The first-order valence-electron chi connectivity index (χ1n) is 5.91. The van der Waals surface area contributed by atoms with E-state index in [0.29, 0.717) is 16.4 Å². The molecule has 0 aliphatic carbocycles. The Hall–Kier alpha value is -1.08. The van der Waals surface area contributed by atoms with Crippen LogP contribution in [0.1, 0.15) is 29.4 Å². The minimum atomic E-state index is -0.215. The third-order valence-corrected chi connectivity index (χ3v) is 4.15. The van der Waals surface area contributed by atoms with Crippen molar-refractivity contribution in [3.63, 3.8) is 0 Å². The number of aromatic amines is 1. The van der Waals surface area contributed by atoms with E-state index in [2.05, 4.69) is 45.0 Å². The van der Waals surface area contributed by atoms with Crippen LogP contribution in [0.15, 0.2) is 24.3 Å². The maximum absolute atomic E-state index is 12.0. The van der Waals surface area contributed by atoms with Crippen LogP contribution in [0, 0.1) is 3.57 Å². The van der Waals surface area contributed by atoms with Crippen molar-refractivity contribution in [3.8, 4) is 0 Å². The van der Waals surface area contributed by atoms with Crippen molar-refractivity contribution in [2.45, 2.75) is 19.8 Å². The number of hydrogen-bond acceptors (Lipinski definition) is 2. The van der Waals surface area contributed by atoms with Gasteiger partial charge in [-0.25, -0.2) is 0 Å². The lowest BCUT2D eigenvalue weighted by Crippen LogP contribution is -2.12. The van der Waals surface area contributed by atoms with Crippen molar-refractivity contribution in [1.82, 2.24) is 10.2 Å². The number of hydrogen-bond donors (Lipinski definition) is 2. The first kappa shape index (κ1) is 14.3. The number of nitrogens with one attached hydrogen (secondary N) is 2. The molecule has 0 radical (unpaired) electrons. The zero-order chi connectivity index (χ0) is 13.8. The summed E-state index contributed by atoms with van der Waals surface area (Å²) in [4.78, 5) is 12.0. The summed E-state index contributed by atoms with van der Waals surface area (Å²) in [5.41, 5.74) is 1.53. The fraction of sp³-hybridized carbons (Fsp3) is 0.231. The summed E-state index contributed by atoms with van der Waals surface area (Å²) in [5, 5.41) is 10.3. The molecular formula is C13H13ClIN3O. The van der Waals surface area contributed by atoms with Crippen molar-refractivity contribution in [2.24, 2.45) is 0 Å². The molecule has 1 aromatic heterocycles. The van der Waals surface area contributed by atoms with Crippen LogP contribution < -0.4 is 5.32 Å². The van der Waals surface area contributed by atoms with Crippen LogP contribution in [-0.4, -0.2) is 16.1 Å². The highest BCUT2D eigenvalue weighted by Crippen LogP contribution is 2.20. The molecule has 4 nitrogen and oxygen atoms in total. The topological polar surface area (TPSA) is 57.8 Å². The lowest BCUT2D eigenvalue weighted by molar-refractivity contribution is 0.102. The molecule has 0 atom stereocenters. The van der Waals surface area contributed by atoms with Crippen molar-refractivity contribution in [3.05, 3.63) is 44.1 Å². The molecular weight excluding hydrogens is 377 g/mol. The molecule has 1 amide bonds. The molecule has 2 N–H and O–H groups in total. The summed E-state index contributed by atoms with van der Waals surface area (Å²) in [7, 11) is 0. The minimum Gasteiger partial charge on any atom is -0.305 e. The van der Waals surface area contributed by atoms with Crippen LogP contribution in [-0.2, 0) is 6.42 Å². The number of rotatable bonds is 4. The molecule has 2 rings (SSSR count). The van der Waals surface area contributed by atoms with Crippen molar-refractivity contribution in [2.75, 3.05) is 5.32 Å². The number of amides is 1. The maximum Gasteiger partial charge on any atom is 0.256 e. The normalized spacial score (nSPS) is 10.5. The molecule has 0 saturated carbocycles. The molecule has 0 unspecified atom stereocenters. The lowest BCUT2D eigenvalue weighted by Gasteiger charge is -2.03. The number of halogens is 2. The molecule has 0 spiro atoms. The number of carbonyl (C=O) groups is 1. The van der Waals surface area contributed by atoms with Gasteiger partial charge in [-0.3, -0.25) is 9.89 Å². The highest BCUT2D eigenvalue weighted by Gasteiger charge is 2.10. The SMILES string of the molecule is CCCc1cc(NC(=O)c2ccc(I)c(Cl)c2)n[nH]1. The summed E-state index contributed by atoms with van der Waals surface area (Å²) in [6, 6.07) is 7.04. The monoisotopic (exact) mass is 389 g/mol. The summed E-state index contributed by atoms with van der Waals surface area (Å²) < 4.78 is 0.917. The van der Waals surface area contributed by atoms with E-state index in [9.17, 15) is 4.79 Å². The number of aromatic nitrogens is 2. The quantitative estimate of drug-likeness (QED) is 0.780. The van der Waals surface area contributed by atoms with Gasteiger partial charge >= 0.3 is 0 Å². The predicted octanol–water partition coefficient (Wildman–Crippen LogP) is 3.87. The van der Waals surface area contributed by atoms with E-state index in [0.717, 1.165) is 22.1 Å². The van der Waals surface area contributed by atoms with Gasteiger partial charge in [-0.2, -0.15) is 5.10 Å². The molecule has 100 valence electrons. The molecule has 6 heteroatoms. The van der Waals surface area contributed by atoms with E-state index in [1.54, 1.807) is 12.1 Å². The van der Waals surface area contributed by atoms with Crippen LogP contribution in [0.3, 0.4) is 0 Å². The Morgan fingerprint density at radius 3 is 2.95 bits per heavy atom. The zero-order valence-corrected chi connectivity index (χ0v) is 13.2. The van der Waals surface area contributed by atoms with Gasteiger partial charge in [0.2, 0.25) is 0 Å². The summed E-state index contributed by atoms with van der Waals surface area (Å²) >= 11 is 8.12. The first-order valence-corrected chi connectivity index (χ1v) is 7.36. The standard InChI is InChI=1S/C13H13ClIN3O/c1-2-3-9-7-12(18-17-9)16-13(19)8-4-5-11(15)10(14)6-8/h4-7H,2-3H2,1H3,(H2,16,17,18,19). The van der Waals surface area contributed by atoms with Crippen molar-refractivity contribution >= 4 is 45.9 Å². The molecule has 0 aliphatic rings. The van der Waals surface area contributed by atoms with Gasteiger partial charge in [0.25, 0.3) is 5.91 Å². The predicted molar refractivity (Wildman–Crippen MR) is 84.7 cm³/mol. The van der Waals surface area contributed by atoms with Gasteiger partial charge in [-0.1, -0.05) is 24.9 Å². The van der Waals surface area contributed by atoms with Crippen LogP contribution >= 0.6 is 34.2 Å². The second kappa shape index (κ2) is 6.38. The summed E-state index contributed by atoms with van der Waals surface area (Å²) in [6.07, 6.45) is 1.94. The Balaban J connectivity index is 2.09. The van der Waals surface area contributed by atoms with E-state index < -0.39 is 0 Å². The third-order valence-electron chi connectivity index (χ3n) is 2.57. The average Bonchev–Trinajstić information content (AvgIpc) is 2.80. The average molecular weight is 390 g/mol. The molecule has 0 fully saturated rings. The van der Waals surface area contributed by atoms with Gasteiger partial charge in [0, 0.05) is 20.9 Å². The first-order chi connectivity index (χ1) is 9.10. The van der Waals surface area contributed by atoms with Crippen molar-refractivity contribution in [1.29, 1.82) is 0 Å².